The number of thioether (sulfide) groups is 1. The van der Waals surface area contributed by atoms with Crippen molar-refractivity contribution in [2.45, 2.75) is 62.7 Å². The molecule has 2 atom stereocenters. The molecule has 0 aliphatic carbocycles. The summed E-state index contributed by atoms with van der Waals surface area (Å²) in [6.07, 6.45) is 4.68. The first-order chi connectivity index (χ1) is 16.1. The molecule has 2 aromatic heterocycles. The molecule has 1 fully saturated rings. The van der Waals surface area contributed by atoms with Gasteiger partial charge in [0, 0.05) is 15.5 Å². The number of hydrogen-bond donors (Lipinski definition) is 0. The van der Waals surface area contributed by atoms with E-state index >= 15 is 4.39 Å². The number of pyridine rings is 1. The van der Waals surface area contributed by atoms with Gasteiger partial charge in [0.05, 0.1) is 46.1 Å². The average molecular weight is 660 g/mol. The van der Waals surface area contributed by atoms with E-state index < -0.39 is 17.5 Å². The number of rotatable bonds is 3. The van der Waals surface area contributed by atoms with Gasteiger partial charge in [-0.2, -0.15) is 10.4 Å². The van der Waals surface area contributed by atoms with Crippen molar-refractivity contribution in [3.63, 3.8) is 0 Å². The van der Waals surface area contributed by atoms with Crippen molar-refractivity contribution >= 4 is 78.2 Å². The van der Waals surface area contributed by atoms with Crippen LogP contribution in [0.4, 0.5) is 9.18 Å². The predicted octanol–water partition coefficient (Wildman–Crippen LogP) is 6.67. The summed E-state index contributed by atoms with van der Waals surface area (Å²) < 4.78 is 23.8. The molecule has 0 unspecified atom stereocenters. The van der Waals surface area contributed by atoms with Gasteiger partial charge >= 0.3 is 6.09 Å². The van der Waals surface area contributed by atoms with Crippen molar-refractivity contribution in [1.29, 1.82) is 5.26 Å². The van der Waals surface area contributed by atoms with Crippen LogP contribution in [0.2, 0.25) is 0 Å². The molecule has 11 heteroatoms. The summed E-state index contributed by atoms with van der Waals surface area (Å²) >= 11 is 6.88. The van der Waals surface area contributed by atoms with Gasteiger partial charge in [-0.05, 0) is 84.5 Å². The van der Waals surface area contributed by atoms with Crippen LogP contribution in [0.15, 0.2) is 21.8 Å². The summed E-state index contributed by atoms with van der Waals surface area (Å²) in [6, 6.07) is 3.78. The van der Waals surface area contributed by atoms with Crippen molar-refractivity contribution < 1.29 is 13.9 Å². The van der Waals surface area contributed by atoms with Crippen LogP contribution in [0, 0.1) is 20.7 Å². The summed E-state index contributed by atoms with van der Waals surface area (Å²) in [6.45, 7) is 5.93. The molecule has 1 aliphatic heterocycles. The van der Waals surface area contributed by atoms with Crippen molar-refractivity contribution in [2.24, 2.45) is 0 Å². The van der Waals surface area contributed by atoms with E-state index in [9.17, 15) is 10.1 Å². The zero-order valence-electron chi connectivity index (χ0n) is 19.2. The highest BCUT2D eigenvalue weighted by atomic mass is 127. The van der Waals surface area contributed by atoms with Gasteiger partial charge in [0.1, 0.15) is 16.1 Å². The van der Waals surface area contributed by atoms with Crippen molar-refractivity contribution in [1.82, 2.24) is 19.7 Å². The minimum Gasteiger partial charge on any atom is -0.444 e. The molecule has 7 nitrogen and oxygen atoms in total. The van der Waals surface area contributed by atoms with E-state index in [2.05, 4.69) is 49.6 Å². The second-order valence-electron chi connectivity index (χ2n) is 9.22. The number of ether oxygens (including phenoxy) is 1. The molecule has 180 valence electrons. The smallest absolute Gasteiger partial charge is 0.410 e. The van der Waals surface area contributed by atoms with Crippen LogP contribution in [0.5, 0.6) is 0 Å². The van der Waals surface area contributed by atoms with Crippen LogP contribution in [0.25, 0.3) is 21.8 Å². The number of aromatic nitrogens is 3. The number of halogens is 3. The SMILES string of the molecule is CSc1nc2c(F)c(Br)c(I)cc2c2c1cnn2[C@H]1CCN(C(=O)OC(C)(C)C)[C@H](CC#N)C1. The number of carbonyl (C=O) groups excluding carboxylic acids is 1. The summed E-state index contributed by atoms with van der Waals surface area (Å²) in [7, 11) is 0. The highest BCUT2D eigenvalue weighted by molar-refractivity contribution is 14.1. The van der Waals surface area contributed by atoms with Gasteiger partial charge in [-0.1, -0.05) is 0 Å². The van der Waals surface area contributed by atoms with Crippen molar-refractivity contribution in [3.8, 4) is 6.07 Å². The molecule has 0 radical (unpaired) electrons. The highest BCUT2D eigenvalue weighted by Crippen LogP contribution is 2.39. The molecule has 1 aromatic carbocycles. The van der Waals surface area contributed by atoms with Gasteiger partial charge in [-0.15, -0.1) is 11.8 Å². The van der Waals surface area contributed by atoms with Gasteiger partial charge in [0.2, 0.25) is 0 Å². The number of nitriles is 1. The number of benzene rings is 1. The first-order valence-electron chi connectivity index (χ1n) is 10.8. The fourth-order valence-electron chi connectivity index (χ4n) is 4.37. The second kappa shape index (κ2) is 9.78. The molecular formula is C23H24BrFIN5O2S. The molecule has 1 amide bonds. The van der Waals surface area contributed by atoms with Gasteiger partial charge in [-0.25, -0.2) is 14.2 Å². The fourth-order valence-corrected chi connectivity index (χ4v) is 5.77. The number of fused-ring (bicyclic) bond motifs is 3. The van der Waals surface area contributed by atoms with E-state index in [4.69, 9.17) is 9.84 Å². The van der Waals surface area contributed by atoms with E-state index in [1.807, 2.05) is 37.8 Å². The number of likely N-dealkylation sites (tertiary alicyclic amines) is 1. The summed E-state index contributed by atoms with van der Waals surface area (Å²) in [5, 5.41) is 16.4. The third kappa shape index (κ3) is 4.73. The summed E-state index contributed by atoms with van der Waals surface area (Å²) in [5.74, 6) is -0.394. The Kier molecular flexibility index (Phi) is 7.32. The topological polar surface area (TPSA) is 84.0 Å². The van der Waals surface area contributed by atoms with Crippen molar-refractivity contribution in [2.75, 3.05) is 12.8 Å². The number of piperidine rings is 1. The number of amides is 1. The predicted molar refractivity (Wildman–Crippen MR) is 142 cm³/mol. The first-order valence-corrected chi connectivity index (χ1v) is 13.9. The maximum atomic E-state index is 15.2. The second-order valence-corrected chi connectivity index (χ2v) is 12.0. The van der Waals surface area contributed by atoms with Gasteiger partial charge in [0.25, 0.3) is 0 Å². The molecule has 34 heavy (non-hydrogen) atoms. The standard InChI is InChI=1S/C23H24BrFIN5O2S/c1-23(2,3)33-22(32)30-8-6-13(9-12(30)5-7-27)31-20-14-10-16(26)17(24)18(25)19(14)29-21(34-4)15(20)11-28-31/h10-13H,5-6,8-9H2,1-4H3/t12-,13+/m1/s1. The Morgan fingerprint density at radius 3 is 2.82 bits per heavy atom. The lowest BCUT2D eigenvalue weighted by molar-refractivity contribution is 0.00565. The number of hydrogen-bond acceptors (Lipinski definition) is 6. The molecule has 0 bridgehead atoms. The van der Waals surface area contributed by atoms with Crippen LogP contribution >= 0.6 is 50.3 Å². The third-order valence-electron chi connectivity index (χ3n) is 5.81. The highest BCUT2D eigenvalue weighted by Gasteiger charge is 2.36. The number of nitrogens with zero attached hydrogens (tertiary/aromatic N) is 5. The lowest BCUT2D eigenvalue weighted by atomic mass is 9.95. The Morgan fingerprint density at radius 2 is 2.18 bits per heavy atom. The quantitative estimate of drug-likeness (QED) is 0.178. The number of carbonyl (C=O) groups is 1. The Labute approximate surface area is 223 Å². The normalized spacial score (nSPS) is 18.9. The van der Waals surface area contributed by atoms with Crippen LogP contribution in [0.1, 0.15) is 46.1 Å². The van der Waals surface area contributed by atoms with Gasteiger partial charge < -0.3 is 9.64 Å². The molecule has 0 spiro atoms. The maximum Gasteiger partial charge on any atom is 0.410 e. The molecule has 3 aromatic rings. The molecule has 3 heterocycles. The van der Waals surface area contributed by atoms with Gasteiger partial charge in [-0.3, -0.25) is 4.68 Å². The van der Waals surface area contributed by atoms with E-state index in [0.29, 0.717) is 39.8 Å². The molecule has 0 N–H and O–H groups in total. The van der Waals surface area contributed by atoms with Crippen LogP contribution in [-0.4, -0.2) is 50.2 Å². The maximum absolute atomic E-state index is 15.2. The Balaban J connectivity index is 1.79. The molecule has 0 saturated carbocycles. The van der Waals surface area contributed by atoms with E-state index in [1.54, 1.807) is 11.1 Å². The van der Waals surface area contributed by atoms with Crippen LogP contribution in [0.3, 0.4) is 0 Å². The lowest BCUT2D eigenvalue weighted by Crippen LogP contribution is -2.48. The summed E-state index contributed by atoms with van der Waals surface area (Å²) in [5.41, 5.74) is 0.509. The Hall–Kier alpha value is -1.65. The minimum absolute atomic E-state index is 0.0563. The molecule has 1 saturated heterocycles. The third-order valence-corrected chi connectivity index (χ3v) is 8.88. The first kappa shape index (κ1) is 25.4. The van der Waals surface area contributed by atoms with Crippen LogP contribution < -0.4 is 0 Å². The van der Waals surface area contributed by atoms with Gasteiger partial charge in [0.15, 0.2) is 5.82 Å². The molecule has 1 aliphatic rings. The van der Waals surface area contributed by atoms with E-state index in [0.717, 1.165) is 14.5 Å². The largest absolute Gasteiger partial charge is 0.444 e. The lowest BCUT2D eigenvalue weighted by Gasteiger charge is -2.39. The Morgan fingerprint density at radius 1 is 1.44 bits per heavy atom. The summed E-state index contributed by atoms with van der Waals surface area (Å²) in [4.78, 5) is 19.0. The Bertz CT molecular complexity index is 1320. The zero-order valence-corrected chi connectivity index (χ0v) is 23.8. The zero-order chi connectivity index (χ0) is 24.8. The monoisotopic (exact) mass is 659 g/mol. The van der Waals surface area contributed by atoms with E-state index in [-0.39, 0.29) is 18.5 Å². The average Bonchev–Trinajstić information content (AvgIpc) is 3.22. The molecule has 4 rings (SSSR count). The molecular weight excluding hydrogens is 636 g/mol. The fraction of sp³-hybridized carbons (Fsp3) is 0.478. The van der Waals surface area contributed by atoms with Crippen molar-refractivity contribution in [3.05, 3.63) is 26.1 Å². The van der Waals surface area contributed by atoms with Crippen LogP contribution in [-0.2, 0) is 4.74 Å². The minimum atomic E-state index is -0.612. The van der Waals surface area contributed by atoms with E-state index in [1.165, 1.54) is 11.8 Å².